The summed E-state index contributed by atoms with van der Waals surface area (Å²) in [7, 11) is 0. The average Bonchev–Trinajstić information content (AvgIpc) is 4.01. The normalized spacial score (nSPS) is 14.5. The van der Waals surface area contributed by atoms with Crippen molar-refractivity contribution >= 4 is 81.1 Å². The molecule has 3 aliphatic rings. The van der Waals surface area contributed by atoms with E-state index in [9.17, 15) is 0 Å². The third kappa shape index (κ3) is 4.79. The minimum absolute atomic E-state index is 0.180. The maximum absolute atomic E-state index is 2.56. The molecule has 0 fully saturated rings. The van der Waals surface area contributed by atoms with Crippen LogP contribution < -0.4 is 4.90 Å². The monoisotopic (exact) mass is 872 g/mol. The minimum atomic E-state index is -0.211. The first-order valence-corrected chi connectivity index (χ1v) is 24.4. The van der Waals surface area contributed by atoms with Crippen LogP contribution >= 0.6 is 11.3 Å². The molecule has 12 aromatic rings. The molecule has 3 heteroatoms. The molecule has 15 rings (SSSR count). The van der Waals surface area contributed by atoms with E-state index < -0.39 is 0 Å². The number of thiophene rings is 1. The highest BCUT2D eigenvalue weighted by Gasteiger charge is 2.43. The lowest BCUT2D eigenvalue weighted by Crippen LogP contribution is -2.20. The Labute approximate surface area is 393 Å². The molecule has 0 saturated carbocycles. The second-order valence-corrected chi connectivity index (χ2v) is 21.1. The number of fused-ring (bicyclic) bond motifs is 13. The van der Waals surface area contributed by atoms with Gasteiger partial charge in [-0.3, -0.25) is 0 Å². The van der Waals surface area contributed by atoms with E-state index in [0.717, 1.165) is 5.69 Å². The molecule has 0 amide bonds. The number of aromatic nitrogens is 1. The standard InChI is InChI=1S/C64H44N2S/c1-63(2)50-24-10-7-19-41(50)46-23-15-29-55(60(46)63)65(52-28-13-17-37-16-5-6-18-40(37)52)39-31-32-44-48-34-38(30-33-56(48)67-57(44)35-39)47-36-49-43-21-9-12-27-54(43)66-53-26-11-8-20-42(53)45-22-14-25-51-58(45)59(62(49)66)61(47)64(51,3)4/h5-36H,1-4H3. The summed E-state index contributed by atoms with van der Waals surface area (Å²) in [5.41, 5.74) is 23.2. The summed E-state index contributed by atoms with van der Waals surface area (Å²) >= 11 is 1.90. The van der Waals surface area contributed by atoms with Crippen LogP contribution in [0.3, 0.4) is 0 Å². The predicted molar refractivity (Wildman–Crippen MR) is 285 cm³/mol. The van der Waals surface area contributed by atoms with Crippen molar-refractivity contribution in [2.24, 2.45) is 0 Å². The van der Waals surface area contributed by atoms with Gasteiger partial charge in [-0.05, 0) is 116 Å². The summed E-state index contributed by atoms with van der Waals surface area (Å²) in [5.74, 6) is 0. The van der Waals surface area contributed by atoms with Crippen molar-refractivity contribution in [3.63, 3.8) is 0 Å². The molecule has 0 bridgehead atoms. The van der Waals surface area contributed by atoms with Crippen LogP contribution in [-0.2, 0) is 10.8 Å². The highest BCUT2D eigenvalue weighted by Crippen LogP contribution is 2.61. The van der Waals surface area contributed by atoms with Crippen molar-refractivity contribution in [3.8, 4) is 50.2 Å². The van der Waals surface area contributed by atoms with Gasteiger partial charge in [0.2, 0.25) is 0 Å². The Morgan fingerprint density at radius 2 is 1.10 bits per heavy atom. The number of rotatable bonds is 4. The van der Waals surface area contributed by atoms with Crippen molar-refractivity contribution in [3.05, 3.63) is 216 Å². The Hall–Kier alpha value is -7.72. The van der Waals surface area contributed by atoms with Gasteiger partial charge in [-0.2, -0.15) is 0 Å². The quantitative estimate of drug-likeness (QED) is 0.171. The summed E-state index contributed by atoms with van der Waals surface area (Å²) < 4.78 is 5.15. The zero-order valence-corrected chi connectivity index (χ0v) is 38.6. The molecule has 2 nitrogen and oxygen atoms in total. The van der Waals surface area contributed by atoms with E-state index in [0.29, 0.717) is 0 Å². The van der Waals surface area contributed by atoms with E-state index in [1.165, 1.54) is 137 Å². The summed E-state index contributed by atoms with van der Waals surface area (Å²) in [6, 6.07) is 73.5. The fourth-order valence-corrected chi connectivity index (χ4v) is 14.1. The van der Waals surface area contributed by atoms with Crippen LogP contribution in [0.1, 0.15) is 49.9 Å². The van der Waals surface area contributed by atoms with E-state index in [4.69, 9.17) is 0 Å². The SMILES string of the molecule is CC1(C)c2ccccc2-c2cccc(N(c3ccc4c(c3)sc3ccc(-c5cc6c7ccccc7n7c6c6c5C(C)(C)c5cccc(c5-6)-c5ccccc5-7)cc34)c3cccc4ccccc34)c21. The smallest absolute Gasteiger partial charge is 0.0623 e. The van der Waals surface area contributed by atoms with E-state index in [1.54, 1.807) is 0 Å². The Balaban J connectivity index is 0.956. The Bertz CT molecular complexity index is 4170. The number of benzene rings is 10. The van der Waals surface area contributed by atoms with Gasteiger partial charge in [0.25, 0.3) is 0 Å². The van der Waals surface area contributed by atoms with E-state index in [1.807, 2.05) is 11.3 Å². The van der Waals surface area contributed by atoms with E-state index in [2.05, 4.69) is 231 Å². The first-order chi connectivity index (χ1) is 32.8. The second kappa shape index (κ2) is 13.0. The topological polar surface area (TPSA) is 8.17 Å². The third-order valence-corrected chi connectivity index (χ3v) is 17.0. The van der Waals surface area contributed by atoms with Crippen LogP contribution in [0.25, 0.3) is 103 Å². The lowest BCUT2D eigenvalue weighted by molar-refractivity contribution is 0.661. The van der Waals surface area contributed by atoms with Crippen molar-refractivity contribution in [2.45, 2.75) is 38.5 Å². The van der Waals surface area contributed by atoms with Gasteiger partial charge in [-0.15, -0.1) is 11.3 Å². The lowest BCUT2D eigenvalue weighted by atomic mass is 9.78. The van der Waals surface area contributed by atoms with Gasteiger partial charge >= 0.3 is 0 Å². The second-order valence-electron chi connectivity index (χ2n) is 20.0. The first kappa shape index (κ1) is 37.5. The van der Waals surface area contributed by atoms with Gasteiger partial charge in [-0.25, -0.2) is 0 Å². The number of hydrogen-bond acceptors (Lipinski definition) is 2. The van der Waals surface area contributed by atoms with Crippen LogP contribution in [0.2, 0.25) is 0 Å². The zero-order valence-electron chi connectivity index (χ0n) is 37.8. The van der Waals surface area contributed by atoms with Gasteiger partial charge < -0.3 is 9.47 Å². The van der Waals surface area contributed by atoms with E-state index in [-0.39, 0.29) is 10.8 Å². The van der Waals surface area contributed by atoms with Crippen LogP contribution in [-0.4, -0.2) is 4.57 Å². The third-order valence-electron chi connectivity index (χ3n) is 15.8. The largest absolute Gasteiger partial charge is 0.309 e. The molecule has 0 spiro atoms. The van der Waals surface area contributed by atoms with Gasteiger partial charge in [0.1, 0.15) is 0 Å². The molecule has 1 aliphatic heterocycles. The number of hydrogen-bond donors (Lipinski definition) is 0. The van der Waals surface area contributed by atoms with Crippen LogP contribution in [0.4, 0.5) is 17.1 Å². The summed E-state index contributed by atoms with van der Waals surface area (Å²) in [5, 5.41) is 7.68. The lowest BCUT2D eigenvalue weighted by Gasteiger charge is -2.33. The fourth-order valence-electron chi connectivity index (χ4n) is 13.0. The van der Waals surface area contributed by atoms with Gasteiger partial charge in [-0.1, -0.05) is 167 Å². The fraction of sp³-hybridized carbons (Fsp3) is 0.0938. The first-order valence-electron chi connectivity index (χ1n) is 23.6. The molecule has 2 aromatic heterocycles. The van der Waals surface area contributed by atoms with E-state index >= 15 is 0 Å². The molecule has 0 N–H and O–H groups in total. The maximum atomic E-state index is 2.56. The molecule has 2 aliphatic carbocycles. The Morgan fingerprint density at radius 3 is 2.01 bits per heavy atom. The maximum Gasteiger partial charge on any atom is 0.0623 e. The van der Waals surface area contributed by atoms with Gasteiger partial charge in [0.05, 0.1) is 28.1 Å². The zero-order chi connectivity index (χ0) is 44.5. The molecule has 0 saturated heterocycles. The molecular formula is C64H44N2S. The molecule has 67 heavy (non-hydrogen) atoms. The van der Waals surface area contributed by atoms with Crippen LogP contribution in [0.5, 0.6) is 0 Å². The molecule has 3 heterocycles. The molecule has 0 radical (unpaired) electrons. The minimum Gasteiger partial charge on any atom is -0.309 e. The number of para-hydroxylation sites is 2. The Kier molecular flexibility index (Phi) is 7.28. The molecule has 0 atom stereocenters. The van der Waals surface area contributed by atoms with Crippen LogP contribution in [0, 0.1) is 0 Å². The van der Waals surface area contributed by atoms with Gasteiger partial charge in [0.15, 0.2) is 0 Å². The summed E-state index contributed by atoms with van der Waals surface area (Å²) in [6.07, 6.45) is 0. The number of nitrogens with zero attached hydrogens (tertiary/aromatic N) is 2. The molecule has 10 aromatic carbocycles. The van der Waals surface area contributed by atoms with Crippen molar-refractivity contribution < 1.29 is 0 Å². The highest BCUT2D eigenvalue weighted by molar-refractivity contribution is 7.25. The highest BCUT2D eigenvalue weighted by atomic mass is 32.1. The molecule has 0 unspecified atom stereocenters. The molecular weight excluding hydrogens is 829 g/mol. The molecule has 316 valence electrons. The van der Waals surface area contributed by atoms with Crippen LogP contribution in [0.15, 0.2) is 194 Å². The Morgan fingerprint density at radius 1 is 0.418 bits per heavy atom. The average molecular weight is 873 g/mol. The summed E-state index contributed by atoms with van der Waals surface area (Å²) in [6.45, 7) is 9.68. The van der Waals surface area contributed by atoms with Crippen molar-refractivity contribution in [1.29, 1.82) is 0 Å². The van der Waals surface area contributed by atoms with Gasteiger partial charge in [0, 0.05) is 64.0 Å². The summed E-state index contributed by atoms with van der Waals surface area (Å²) in [4.78, 5) is 2.54. The predicted octanol–water partition coefficient (Wildman–Crippen LogP) is 18.0. The van der Waals surface area contributed by atoms with Crippen molar-refractivity contribution in [2.75, 3.05) is 4.90 Å². The van der Waals surface area contributed by atoms with Crippen molar-refractivity contribution in [1.82, 2.24) is 4.57 Å². The number of anilines is 3.